The molecule has 0 aromatic heterocycles. The molecule has 1 unspecified atom stereocenters. The van der Waals surface area contributed by atoms with E-state index < -0.39 is 0 Å². The number of fused-ring (bicyclic) bond motifs is 1. The Bertz CT molecular complexity index is 666. The monoisotopic (exact) mass is 332 g/mol. The number of hydrogen-bond acceptors (Lipinski definition) is 1. The molecule has 20 heavy (non-hydrogen) atoms. The number of Topliss-reactive ketones (excluding diaryl/α,β-unsaturated/α-hetero) is 1. The van der Waals surface area contributed by atoms with Gasteiger partial charge in [0.2, 0.25) is 0 Å². The minimum absolute atomic E-state index is 0.00772. The van der Waals surface area contributed by atoms with Gasteiger partial charge in [-0.3, -0.25) is 4.79 Å². The van der Waals surface area contributed by atoms with Crippen molar-refractivity contribution >= 4 is 21.7 Å². The van der Waals surface area contributed by atoms with Crippen molar-refractivity contribution in [2.45, 2.75) is 19.3 Å². The first kappa shape index (κ1) is 13.5. The average molecular weight is 333 g/mol. The number of benzene rings is 2. The van der Waals surface area contributed by atoms with Crippen LogP contribution in [0.4, 0.5) is 4.39 Å². The summed E-state index contributed by atoms with van der Waals surface area (Å²) in [4.78, 5) is 12.5. The maximum atomic E-state index is 13.1. The number of ketones is 1. The lowest BCUT2D eigenvalue weighted by molar-refractivity contribution is 0.0901. The molecule has 0 aliphatic heterocycles. The van der Waals surface area contributed by atoms with Gasteiger partial charge in [0.05, 0.1) is 0 Å². The molecular weight excluding hydrogens is 319 g/mol. The van der Waals surface area contributed by atoms with Gasteiger partial charge in [0, 0.05) is 16.0 Å². The molecule has 2 aromatic rings. The van der Waals surface area contributed by atoms with Gasteiger partial charge >= 0.3 is 0 Å². The van der Waals surface area contributed by atoms with Crippen LogP contribution in [0.15, 0.2) is 46.9 Å². The van der Waals surface area contributed by atoms with Crippen molar-refractivity contribution in [3.8, 4) is 0 Å². The van der Waals surface area contributed by atoms with Crippen molar-refractivity contribution in [1.29, 1.82) is 0 Å². The SMILES string of the molecule is O=C1c2ccccc2CCC1Cc1ccc(F)cc1Br. The maximum Gasteiger partial charge on any atom is 0.166 e. The molecule has 1 nitrogen and oxygen atoms in total. The first-order chi connectivity index (χ1) is 9.65. The van der Waals surface area contributed by atoms with E-state index in [4.69, 9.17) is 0 Å². The molecule has 0 bridgehead atoms. The molecule has 2 aromatic carbocycles. The highest BCUT2D eigenvalue weighted by Crippen LogP contribution is 2.30. The van der Waals surface area contributed by atoms with Gasteiger partial charge in [0.1, 0.15) is 5.82 Å². The second-order valence-electron chi connectivity index (χ2n) is 5.20. The molecule has 0 fully saturated rings. The Morgan fingerprint density at radius 3 is 2.80 bits per heavy atom. The minimum atomic E-state index is -0.263. The Morgan fingerprint density at radius 1 is 1.20 bits per heavy atom. The van der Waals surface area contributed by atoms with E-state index >= 15 is 0 Å². The fourth-order valence-corrected chi connectivity index (χ4v) is 3.32. The van der Waals surface area contributed by atoms with E-state index in [9.17, 15) is 9.18 Å². The van der Waals surface area contributed by atoms with Crippen LogP contribution in [-0.4, -0.2) is 5.78 Å². The average Bonchev–Trinajstić information content (AvgIpc) is 2.45. The van der Waals surface area contributed by atoms with Crippen LogP contribution >= 0.6 is 15.9 Å². The fraction of sp³-hybridized carbons (Fsp3) is 0.235. The smallest absolute Gasteiger partial charge is 0.166 e. The molecule has 0 radical (unpaired) electrons. The van der Waals surface area contributed by atoms with Gasteiger partial charge in [-0.05, 0) is 42.5 Å². The van der Waals surface area contributed by atoms with Crippen molar-refractivity contribution in [2.75, 3.05) is 0 Å². The third-order valence-electron chi connectivity index (χ3n) is 3.90. The van der Waals surface area contributed by atoms with E-state index in [1.54, 1.807) is 6.07 Å². The Hall–Kier alpha value is -1.48. The molecule has 0 amide bonds. The number of rotatable bonds is 2. The molecule has 1 aliphatic rings. The largest absolute Gasteiger partial charge is 0.294 e. The van der Waals surface area contributed by atoms with Crippen molar-refractivity contribution in [1.82, 2.24) is 0 Å². The fourth-order valence-electron chi connectivity index (χ4n) is 2.81. The topological polar surface area (TPSA) is 17.1 Å². The van der Waals surface area contributed by atoms with Gasteiger partial charge < -0.3 is 0 Å². The zero-order chi connectivity index (χ0) is 14.1. The summed E-state index contributed by atoms with van der Waals surface area (Å²) >= 11 is 3.37. The highest BCUT2D eigenvalue weighted by Gasteiger charge is 2.27. The van der Waals surface area contributed by atoms with Gasteiger partial charge in [0.15, 0.2) is 5.78 Å². The number of carbonyl (C=O) groups is 1. The highest BCUT2D eigenvalue weighted by atomic mass is 79.9. The van der Waals surface area contributed by atoms with Crippen LogP contribution in [0, 0.1) is 11.7 Å². The van der Waals surface area contributed by atoms with Crippen molar-refractivity contribution in [3.63, 3.8) is 0 Å². The first-order valence-electron chi connectivity index (χ1n) is 6.71. The molecule has 0 saturated carbocycles. The third-order valence-corrected chi connectivity index (χ3v) is 4.64. The molecule has 102 valence electrons. The van der Waals surface area contributed by atoms with Crippen LogP contribution in [0.5, 0.6) is 0 Å². The third kappa shape index (κ3) is 2.55. The van der Waals surface area contributed by atoms with Gasteiger partial charge in [-0.2, -0.15) is 0 Å². The maximum absolute atomic E-state index is 13.1. The summed E-state index contributed by atoms with van der Waals surface area (Å²) in [5.74, 6) is -0.0596. The number of halogens is 2. The molecular formula is C17H14BrFO. The molecule has 0 saturated heterocycles. The zero-order valence-corrected chi connectivity index (χ0v) is 12.5. The van der Waals surface area contributed by atoms with Gasteiger partial charge in [-0.1, -0.05) is 46.3 Å². The summed E-state index contributed by atoms with van der Waals surface area (Å²) in [6.45, 7) is 0. The summed E-state index contributed by atoms with van der Waals surface area (Å²) < 4.78 is 13.8. The molecule has 3 heteroatoms. The van der Waals surface area contributed by atoms with Crippen LogP contribution in [-0.2, 0) is 12.8 Å². The zero-order valence-electron chi connectivity index (χ0n) is 10.9. The predicted molar refractivity (Wildman–Crippen MR) is 80.4 cm³/mol. The molecule has 3 rings (SSSR count). The Labute approximate surface area is 126 Å². The standard InChI is InChI=1S/C17H14BrFO/c18-16-10-14(19)8-7-12(16)9-13-6-5-11-3-1-2-4-15(11)17(13)20/h1-4,7-8,10,13H,5-6,9H2. The van der Waals surface area contributed by atoms with Crippen LogP contribution in [0.2, 0.25) is 0 Å². The quantitative estimate of drug-likeness (QED) is 0.786. The number of aryl methyl sites for hydroxylation is 1. The van der Waals surface area contributed by atoms with Gasteiger partial charge in [-0.15, -0.1) is 0 Å². The summed E-state index contributed by atoms with van der Waals surface area (Å²) in [7, 11) is 0. The van der Waals surface area contributed by atoms with Crippen molar-refractivity contribution in [2.24, 2.45) is 5.92 Å². The van der Waals surface area contributed by atoms with Crippen molar-refractivity contribution < 1.29 is 9.18 Å². The van der Waals surface area contributed by atoms with Gasteiger partial charge in [-0.25, -0.2) is 4.39 Å². The van der Waals surface area contributed by atoms with Crippen LogP contribution in [0.25, 0.3) is 0 Å². The van der Waals surface area contributed by atoms with E-state index in [1.165, 1.54) is 12.1 Å². The summed E-state index contributed by atoms with van der Waals surface area (Å²) in [5.41, 5.74) is 2.98. The molecule has 0 heterocycles. The minimum Gasteiger partial charge on any atom is -0.294 e. The normalized spacial score (nSPS) is 17.9. The second-order valence-corrected chi connectivity index (χ2v) is 6.05. The van der Waals surface area contributed by atoms with Crippen molar-refractivity contribution in [3.05, 3.63) is 69.4 Å². The van der Waals surface area contributed by atoms with E-state index in [2.05, 4.69) is 15.9 Å². The van der Waals surface area contributed by atoms with E-state index in [0.717, 1.165) is 34.0 Å². The molecule has 1 aliphatic carbocycles. The first-order valence-corrected chi connectivity index (χ1v) is 7.50. The Kier molecular flexibility index (Phi) is 3.70. The van der Waals surface area contributed by atoms with E-state index in [-0.39, 0.29) is 17.5 Å². The summed E-state index contributed by atoms with van der Waals surface area (Å²) in [5, 5.41) is 0. The van der Waals surface area contributed by atoms with E-state index in [0.29, 0.717) is 6.42 Å². The molecule has 0 spiro atoms. The lowest BCUT2D eigenvalue weighted by Gasteiger charge is -2.23. The van der Waals surface area contributed by atoms with Crippen LogP contribution in [0.3, 0.4) is 0 Å². The van der Waals surface area contributed by atoms with Crippen LogP contribution in [0.1, 0.15) is 27.9 Å². The second kappa shape index (κ2) is 5.49. The van der Waals surface area contributed by atoms with Crippen LogP contribution < -0.4 is 0 Å². The number of carbonyl (C=O) groups excluding carboxylic acids is 1. The molecule has 0 N–H and O–H groups in total. The summed E-state index contributed by atoms with van der Waals surface area (Å²) in [6.07, 6.45) is 2.46. The lowest BCUT2D eigenvalue weighted by Crippen LogP contribution is -2.24. The highest BCUT2D eigenvalue weighted by molar-refractivity contribution is 9.10. The lowest BCUT2D eigenvalue weighted by atomic mass is 9.80. The number of hydrogen-bond donors (Lipinski definition) is 0. The Morgan fingerprint density at radius 2 is 2.00 bits per heavy atom. The van der Waals surface area contributed by atoms with Gasteiger partial charge in [0.25, 0.3) is 0 Å². The Balaban J connectivity index is 1.85. The molecule has 1 atom stereocenters. The predicted octanol–water partition coefficient (Wildman–Crippen LogP) is 4.58. The summed E-state index contributed by atoms with van der Waals surface area (Å²) in [6, 6.07) is 12.5. The van der Waals surface area contributed by atoms with E-state index in [1.807, 2.05) is 24.3 Å².